The Labute approximate surface area is 110 Å². The highest BCUT2D eigenvalue weighted by Crippen LogP contribution is 2.13. The molecule has 0 saturated heterocycles. The van der Waals surface area contributed by atoms with Crippen LogP contribution in [0, 0.1) is 0 Å². The van der Waals surface area contributed by atoms with Gasteiger partial charge in [0.25, 0.3) is 0 Å². The SMILES string of the molecule is CCOC(=O)c1cnc(C(C)=O)cc1C(=O)OCC. The first-order valence-corrected chi connectivity index (χ1v) is 5.86. The summed E-state index contributed by atoms with van der Waals surface area (Å²) in [6, 6.07) is 1.24. The van der Waals surface area contributed by atoms with Crippen molar-refractivity contribution in [1.29, 1.82) is 0 Å². The molecule has 0 radical (unpaired) electrons. The third-order valence-corrected chi connectivity index (χ3v) is 2.26. The molecule has 0 aliphatic rings. The molecule has 0 aliphatic heterocycles. The van der Waals surface area contributed by atoms with Crippen LogP contribution in [0.15, 0.2) is 12.3 Å². The average molecular weight is 265 g/mol. The Bertz CT molecular complexity index is 510. The van der Waals surface area contributed by atoms with Crippen LogP contribution in [0.2, 0.25) is 0 Å². The van der Waals surface area contributed by atoms with Crippen molar-refractivity contribution in [2.24, 2.45) is 0 Å². The minimum atomic E-state index is -0.685. The molecule has 0 aromatic carbocycles. The van der Waals surface area contributed by atoms with E-state index in [1.54, 1.807) is 13.8 Å². The van der Waals surface area contributed by atoms with Gasteiger partial charge in [0.05, 0.1) is 24.3 Å². The van der Waals surface area contributed by atoms with Crippen LogP contribution in [0.3, 0.4) is 0 Å². The van der Waals surface area contributed by atoms with Crippen LogP contribution in [0.5, 0.6) is 0 Å². The first-order valence-electron chi connectivity index (χ1n) is 5.86. The Hall–Kier alpha value is -2.24. The van der Waals surface area contributed by atoms with Gasteiger partial charge in [0, 0.05) is 13.1 Å². The summed E-state index contributed by atoms with van der Waals surface area (Å²) in [6.07, 6.45) is 1.15. The topological polar surface area (TPSA) is 82.6 Å². The van der Waals surface area contributed by atoms with Crippen molar-refractivity contribution >= 4 is 17.7 Å². The molecule has 0 spiro atoms. The molecule has 1 heterocycles. The van der Waals surface area contributed by atoms with E-state index in [0.717, 1.165) is 6.20 Å². The maximum atomic E-state index is 11.8. The molecule has 6 nitrogen and oxygen atoms in total. The largest absolute Gasteiger partial charge is 0.462 e. The minimum Gasteiger partial charge on any atom is -0.462 e. The number of Topliss-reactive ketones (excluding diaryl/α,β-unsaturated/α-hetero) is 1. The summed E-state index contributed by atoms with van der Waals surface area (Å²) in [5.41, 5.74) is 0.0712. The van der Waals surface area contributed by atoms with Crippen molar-refractivity contribution in [1.82, 2.24) is 4.98 Å². The summed E-state index contributed by atoms with van der Waals surface area (Å²) in [7, 11) is 0. The molecule has 0 bridgehead atoms. The summed E-state index contributed by atoms with van der Waals surface area (Å²) >= 11 is 0. The van der Waals surface area contributed by atoms with Crippen molar-refractivity contribution in [3.8, 4) is 0 Å². The van der Waals surface area contributed by atoms with Gasteiger partial charge in [-0.2, -0.15) is 0 Å². The lowest BCUT2D eigenvalue weighted by molar-refractivity contribution is 0.0478. The molecule has 0 amide bonds. The Morgan fingerprint density at radius 3 is 2.05 bits per heavy atom. The van der Waals surface area contributed by atoms with Crippen molar-refractivity contribution in [2.75, 3.05) is 13.2 Å². The number of carbonyl (C=O) groups excluding carboxylic acids is 3. The molecular formula is C13H15NO5. The number of nitrogens with zero attached hydrogens (tertiary/aromatic N) is 1. The maximum Gasteiger partial charge on any atom is 0.340 e. The standard InChI is InChI=1S/C13H15NO5/c1-4-18-12(16)9-6-11(8(3)15)14-7-10(9)13(17)19-5-2/h6-7H,4-5H2,1-3H3. The van der Waals surface area contributed by atoms with Gasteiger partial charge < -0.3 is 9.47 Å². The van der Waals surface area contributed by atoms with E-state index in [4.69, 9.17) is 9.47 Å². The number of esters is 2. The zero-order valence-electron chi connectivity index (χ0n) is 11.1. The van der Waals surface area contributed by atoms with Gasteiger partial charge in [-0.3, -0.25) is 9.78 Å². The zero-order valence-corrected chi connectivity index (χ0v) is 11.1. The summed E-state index contributed by atoms with van der Waals surface area (Å²) < 4.78 is 9.67. The van der Waals surface area contributed by atoms with Crippen LogP contribution >= 0.6 is 0 Å². The van der Waals surface area contributed by atoms with Gasteiger partial charge >= 0.3 is 11.9 Å². The molecule has 0 unspecified atom stereocenters. The molecule has 102 valence electrons. The third-order valence-electron chi connectivity index (χ3n) is 2.26. The molecule has 0 aliphatic carbocycles. The first kappa shape index (κ1) is 14.8. The van der Waals surface area contributed by atoms with E-state index in [1.165, 1.54) is 13.0 Å². The number of hydrogen-bond donors (Lipinski definition) is 0. The van der Waals surface area contributed by atoms with Gasteiger partial charge in [-0.05, 0) is 19.9 Å². The summed E-state index contributed by atoms with van der Waals surface area (Å²) in [4.78, 5) is 38.6. The van der Waals surface area contributed by atoms with E-state index in [9.17, 15) is 14.4 Å². The van der Waals surface area contributed by atoms with Gasteiger partial charge in [0.15, 0.2) is 5.78 Å². The lowest BCUT2D eigenvalue weighted by Crippen LogP contribution is -2.16. The minimum absolute atomic E-state index is 0.00898. The van der Waals surface area contributed by atoms with Crippen molar-refractivity contribution in [2.45, 2.75) is 20.8 Å². The van der Waals surface area contributed by atoms with Crippen LogP contribution in [0.1, 0.15) is 52.0 Å². The maximum absolute atomic E-state index is 11.8. The highest BCUT2D eigenvalue weighted by molar-refractivity contribution is 6.04. The number of ether oxygens (including phenoxy) is 2. The predicted molar refractivity (Wildman–Crippen MR) is 66.2 cm³/mol. The van der Waals surface area contributed by atoms with Gasteiger partial charge in [-0.15, -0.1) is 0 Å². The van der Waals surface area contributed by atoms with Gasteiger partial charge in [-0.1, -0.05) is 0 Å². The van der Waals surface area contributed by atoms with Crippen LogP contribution in [-0.2, 0) is 9.47 Å². The number of hydrogen-bond acceptors (Lipinski definition) is 6. The summed E-state index contributed by atoms with van der Waals surface area (Å²) in [5.74, 6) is -1.66. The lowest BCUT2D eigenvalue weighted by Gasteiger charge is -2.08. The van der Waals surface area contributed by atoms with Gasteiger partial charge in [0.1, 0.15) is 5.69 Å². The normalized spacial score (nSPS) is 9.84. The quantitative estimate of drug-likeness (QED) is 0.594. The second kappa shape index (κ2) is 6.63. The van der Waals surface area contributed by atoms with E-state index in [0.29, 0.717) is 0 Å². The molecule has 0 atom stereocenters. The zero-order chi connectivity index (χ0) is 14.4. The van der Waals surface area contributed by atoms with Crippen molar-refractivity contribution in [3.63, 3.8) is 0 Å². The predicted octanol–water partition coefficient (Wildman–Crippen LogP) is 1.64. The fourth-order valence-corrected chi connectivity index (χ4v) is 1.40. The molecule has 1 aromatic heterocycles. The second-order valence-corrected chi connectivity index (χ2v) is 3.61. The highest BCUT2D eigenvalue weighted by atomic mass is 16.5. The van der Waals surface area contributed by atoms with Crippen LogP contribution in [0.25, 0.3) is 0 Å². The molecule has 0 N–H and O–H groups in total. The number of aromatic nitrogens is 1. The monoisotopic (exact) mass is 265 g/mol. The number of ketones is 1. The third kappa shape index (κ3) is 3.61. The molecule has 1 aromatic rings. The van der Waals surface area contributed by atoms with E-state index in [-0.39, 0.29) is 35.8 Å². The summed E-state index contributed by atoms with van der Waals surface area (Å²) in [6.45, 7) is 4.96. The van der Waals surface area contributed by atoms with Crippen LogP contribution in [-0.4, -0.2) is 35.9 Å². The molecule has 0 fully saturated rings. The highest BCUT2D eigenvalue weighted by Gasteiger charge is 2.21. The van der Waals surface area contributed by atoms with E-state index < -0.39 is 11.9 Å². The second-order valence-electron chi connectivity index (χ2n) is 3.61. The molecule has 6 heteroatoms. The van der Waals surface area contributed by atoms with Gasteiger partial charge in [-0.25, -0.2) is 9.59 Å². The Balaban J connectivity index is 3.26. The molecular weight excluding hydrogens is 250 g/mol. The summed E-state index contributed by atoms with van der Waals surface area (Å²) in [5, 5.41) is 0. The van der Waals surface area contributed by atoms with Crippen molar-refractivity contribution < 1.29 is 23.9 Å². The Morgan fingerprint density at radius 2 is 1.58 bits per heavy atom. The first-order chi connectivity index (χ1) is 9.01. The smallest absolute Gasteiger partial charge is 0.340 e. The molecule has 1 rings (SSSR count). The number of rotatable bonds is 5. The fourth-order valence-electron chi connectivity index (χ4n) is 1.40. The number of pyridine rings is 1. The molecule has 0 saturated carbocycles. The van der Waals surface area contributed by atoms with E-state index >= 15 is 0 Å². The Kier molecular flexibility index (Phi) is 5.17. The van der Waals surface area contributed by atoms with Gasteiger partial charge in [0.2, 0.25) is 0 Å². The van der Waals surface area contributed by atoms with Crippen LogP contribution in [0.4, 0.5) is 0 Å². The average Bonchev–Trinajstić information content (AvgIpc) is 2.38. The Morgan fingerprint density at radius 1 is 1.05 bits per heavy atom. The number of carbonyl (C=O) groups is 3. The van der Waals surface area contributed by atoms with E-state index in [2.05, 4.69) is 4.98 Å². The van der Waals surface area contributed by atoms with Crippen LogP contribution < -0.4 is 0 Å². The van der Waals surface area contributed by atoms with E-state index in [1.807, 2.05) is 0 Å². The van der Waals surface area contributed by atoms with Crippen molar-refractivity contribution in [3.05, 3.63) is 29.1 Å². The molecule has 19 heavy (non-hydrogen) atoms. The lowest BCUT2D eigenvalue weighted by atomic mass is 10.1. The fraction of sp³-hybridized carbons (Fsp3) is 0.385.